The van der Waals surface area contributed by atoms with E-state index in [1.807, 2.05) is 24.3 Å². The number of rotatable bonds is 11. The van der Waals surface area contributed by atoms with Gasteiger partial charge in [-0.05, 0) is 44.2 Å². The third kappa shape index (κ3) is 7.78. The first-order chi connectivity index (χ1) is 14.2. The Labute approximate surface area is 180 Å². The number of thiazole rings is 1. The molecule has 0 unspecified atom stereocenters. The van der Waals surface area contributed by atoms with E-state index in [1.54, 1.807) is 0 Å². The molecule has 3 rings (SSSR count). The van der Waals surface area contributed by atoms with Gasteiger partial charge in [0, 0.05) is 18.6 Å². The van der Waals surface area contributed by atoms with Gasteiger partial charge in [-0.3, -0.25) is 9.59 Å². The van der Waals surface area contributed by atoms with Crippen LogP contribution in [0.3, 0.4) is 0 Å². The van der Waals surface area contributed by atoms with Crippen molar-refractivity contribution in [3.63, 3.8) is 0 Å². The van der Waals surface area contributed by atoms with Gasteiger partial charge in [-0.2, -0.15) is 0 Å². The normalized spacial score (nSPS) is 13.4. The van der Waals surface area contributed by atoms with Crippen LogP contribution < -0.4 is 5.32 Å². The van der Waals surface area contributed by atoms with Crippen LogP contribution in [0.2, 0.25) is 0 Å². The highest BCUT2D eigenvalue weighted by atomic mass is 32.2. The highest BCUT2D eigenvalue weighted by Gasteiger charge is 2.08. The molecule has 0 aliphatic heterocycles. The number of hydrogen-bond acceptors (Lipinski definition) is 5. The van der Waals surface area contributed by atoms with Crippen LogP contribution in [0, 0.1) is 0 Å². The Kier molecular flexibility index (Phi) is 8.96. The first-order valence-electron chi connectivity index (χ1n) is 10.4. The van der Waals surface area contributed by atoms with E-state index in [0.29, 0.717) is 23.1 Å². The number of amides is 1. The van der Waals surface area contributed by atoms with Crippen LogP contribution in [0.1, 0.15) is 57.8 Å². The van der Waals surface area contributed by atoms with Gasteiger partial charge in [-0.25, -0.2) is 4.98 Å². The van der Waals surface area contributed by atoms with Crippen LogP contribution in [0.25, 0.3) is 10.2 Å². The van der Waals surface area contributed by atoms with E-state index in [4.69, 9.17) is 0 Å². The van der Waals surface area contributed by atoms with Gasteiger partial charge < -0.3 is 5.32 Å². The number of para-hydroxylation sites is 1. The fraction of sp³-hybridized carbons (Fsp3) is 0.435. The maximum absolute atomic E-state index is 12.1. The number of carbonyl (C=O) groups is 2. The summed E-state index contributed by atoms with van der Waals surface area (Å²) in [5.74, 6) is 0.908. The smallest absolute Gasteiger partial charge is 0.226 e. The van der Waals surface area contributed by atoms with E-state index in [2.05, 4.69) is 28.5 Å². The lowest BCUT2D eigenvalue weighted by atomic mass is 10.0. The minimum Gasteiger partial charge on any atom is -0.302 e. The Morgan fingerprint density at radius 1 is 1.07 bits per heavy atom. The summed E-state index contributed by atoms with van der Waals surface area (Å²) in [6, 6.07) is 7.89. The van der Waals surface area contributed by atoms with Crippen LogP contribution >= 0.6 is 23.1 Å². The van der Waals surface area contributed by atoms with Crippen molar-refractivity contribution in [3.8, 4) is 0 Å². The Balaban J connectivity index is 1.20. The van der Waals surface area contributed by atoms with Gasteiger partial charge in [0.15, 0.2) is 10.2 Å². The van der Waals surface area contributed by atoms with E-state index in [9.17, 15) is 9.59 Å². The van der Waals surface area contributed by atoms with Crippen LogP contribution in [0.4, 0.5) is 5.13 Å². The minimum atomic E-state index is 0.0275. The molecule has 154 valence electrons. The van der Waals surface area contributed by atoms with Gasteiger partial charge in [0.1, 0.15) is 0 Å². The number of nitrogens with zero attached hydrogens (tertiary/aromatic N) is 1. The fourth-order valence-electron chi connectivity index (χ4n) is 3.21. The van der Waals surface area contributed by atoms with E-state index in [1.165, 1.54) is 28.7 Å². The number of aromatic nitrogens is 1. The molecule has 0 radical (unpaired) electrons. The first-order valence-corrected chi connectivity index (χ1v) is 12.2. The third-order valence-electron chi connectivity index (χ3n) is 4.79. The molecule has 1 aromatic carbocycles. The largest absolute Gasteiger partial charge is 0.302 e. The van der Waals surface area contributed by atoms with Crippen molar-refractivity contribution in [2.45, 2.75) is 57.8 Å². The van der Waals surface area contributed by atoms with Gasteiger partial charge in [0.25, 0.3) is 0 Å². The number of hydrogen-bond donors (Lipinski definition) is 1. The predicted octanol–water partition coefficient (Wildman–Crippen LogP) is 6.50. The number of thioether (sulfide) groups is 1. The van der Waals surface area contributed by atoms with Crippen LogP contribution in [0.5, 0.6) is 0 Å². The van der Waals surface area contributed by atoms with Crippen molar-refractivity contribution < 1.29 is 9.59 Å². The molecule has 0 bridgehead atoms. The van der Waals surface area contributed by atoms with Crippen molar-refractivity contribution in [2.75, 3.05) is 11.1 Å². The topological polar surface area (TPSA) is 59.1 Å². The second-order valence-electron chi connectivity index (χ2n) is 7.18. The summed E-state index contributed by atoms with van der Waals surface area (Å²) in [5.41, 5.74) is 2.22. The summed E-state index contributed by atoms with van der Waals surface area (Å²) >= 11 is 2.96. The second kappa shape index (κ2) is 11.9. The fourth-order valence-corrected chi connectivity index (χ4v) is 4.91. The average Bonchev–Trinajstić information content (AvgIpc) is 3.14. The Bertz CT molecular complexity index is 853. The van der Waals surface area contributed by atoms with E-state index < -0.39 is 0 Å². The molecule has 0 saturated heterocycles. The summed E-state index contributed by atoms with van der Waals surface area (Å²) < 4.78 is 1.08. The van der Waals surface area contributed by atoms with Crippen molar-refractivity contribution in [2.24, 2.45) is 0 Å². The number of carbonyl (C=O) groups excluding carboxylic acids is 2. The second-order valence-corrected chi connectivity index (χ2v) is 9.36. The zero-order valence-corrected chi connectivity index (χ0v) is 18.3. The van der Waals surface area contributed by atoms with Crippen molar-refractivity contribution in [1.29, 1.82) is 0 Å². The molecule has 0 fully saturated rings. The molecule has 1 aliphatic carbocycles. The van der Waals surface area contributed by atoms with Gasteiger partial charge in [-0.15, -0.1) is 0 Å². The van der Waals surface area contributed by atoms with Gasteiger partial charge in [0.05, 0.1) is 10.2 Å². The van der Waals surface area contributed by atoms with E-state index in [-0.39, 0.29) is 5.91 Å². The van der Waals surface area contributed by atoms with Gasteiger partial charge in [0.2, 0.25) is 5.91 Å². The summed E-state index contributed by atoms with van der Waals surface area (Å²) in [6.45, 7) is 0. The lowest BCUT2D eigenvalue weighted by Gasteiger charge is -2.06. The molecule has 1 amide bonds. The molecule has 0 spiro atoms. The molecule has 4 nitrogen and oxygen atoms in total. The maximum atomic E-state index is 12.1. The van der Waals surface area contributed by atoms with E-state index >= 15 is 0 Å². The van der Waals surface area contributed by atoms with Crippen LogP contribution in [-0.4, -0.2) is 21.8 Å². The Hall–Kier alpha value is -1.92. The van der Waals surface area contributed by atoms with Crippen LogP contribution in [-0.2, 0) is 9.59 Å². The zero-order chi connectivity index (χ0) is 20.3. The number of nitrogens with one attached hydrogen (secondary N) is 1. The number of anilines is 1. The lowest BCUT2D eigenvalue weighted by molar-refractivity contribution is -0.116. The lowest BCUT2D eigenvalue weighted by Crippen LogP contribution is -2.10. The van der Waals surface area contributed by atoms with Gasteiger partial charge in [-0.1, -0.05) is 71.9 Å². The average molecular weight is 429 g/mol. The Morgan fingerprint density at radius 2 is 1.93 bits per heavy atom. The van der Waals surface area contributed by atoms with Crippen LogP contribution in [0.15, 0.2) is 48.1 Å². The van der Waals surface area contributed by atoms with Crippen molar-refractivity contribution in [1.82, 2.24) is 4.98 Å². The molecule has 1 heterocycles. The quantitative estimate of drug-likeness (QED) is 0.415. The molecule has 1 N–H and O–H groups in total. The molecule has 1 aromatic heterocycles. The number of fused-ring (bicyclic) bond motifs is 1. The number of unbranched alkanes of at least 4 members (excludes halogenated alkanes) is 3. The summed E-state index contributed by atoms with van der Waals surface area (Å²) in [6.07, 6.45) is 14.8. The molecular formula is C23H28N2O2S2. The third-order valence-corrected chi connectivity index (χ3v) is 6.76. The molecule has 29 heavy (non-hydrogen) atoms. The molecular weight excluding hydrogens is 400 g/mol. The van der Waals surface area contributed by atoms with Crippen molar-refractivity contribution >= 4 is 49.5 Å². The highest BCUT2D eigenvalue weighted by Crippen LogP contribution is 2.25. The number of benzene rings is 1. The van der Waals surface area contributed by atoms with Crippen molar-refractivity contribution in [3.05, 3.63) is 48.1 Å². The number of allylic oxidation sites excluding steroid dienone is 4. The summed E-state index contributed by atoms with van der Waals surface area (Å²) in [5, 5.41) is 3.86. The predicted molar refractivity (Wildman–Crippen MR) is 124 cm³/mol. The molecule has 6 heteroatoms. The first kappa shape index (κ1) is 21.8. The zero-order valence-electron chi connectivity index (χ0n) is 16.7. The molecule has 0 saturated carbocycles. The minimum absolute atomic E-state index is 0.0275. The Morgan fingerprint density at radius 3 is 2.76 bits per heavy atom. The molecule has 0 atom stereocenters. The molecule has 2 aromatic rings. The SMILES string of the molecule is O=C(CCCCCCSC(=O)CCC1=CCCC=C1)Nc1nc2ccccc2s1. The maximum Gasteiger partial charge on any atom is 0.226 e. The summed E-state index contributed by atoms with van der Waals surface area (Å²) in [4.78, 5) is 28.5. The van der Waals surface area contributed by atoms with Gasteiger partial charge >= 0.3 is 0 Å². The van der Waals surface area contributed by atoms with E-state index in [0.717, 1.165) is 60.9 Å². The molecule has 1 aliphatic rings. The summed E-state index contributed by atoms with van der Waals surface area (Å²) in [7, 11) is 0. The monoisotopic (exact) mass is 428 g/mol. The standard InChI is InChI=1S/C23H28N2O2S2/c26-21(25-23-24-19-12-7-8-13-20(19)29-23)14-6-1-2-9-17-28-22(27)16-15-18-10-4-3-5-11-18/h4,7-8,10-13H,1-3,5-6,9,14-17H2,(H,24,25,26). The highest BCUT2D eigenvalue weighted by molar-refractivity contribution is 8.13.